The lowest BCUT2D eigenvalue weighted by Gasteiger charge is -2.34. The van der Waals surface area contributed by atoms with E-state index in [0.29, 0.717) is 50.6 Å². The molecule has 0 saturated carbocycles. The Labute approximate surface area is 178 Å². The van der Waals surface area contributed by atoms with Crippen molar-refractivity contribution in [3.05, 3.63) is 65.2 Å². The number of nitrogens with zero attached hydrogens (tertiary/aromatic N) is 2. The van der Waals surface area contributed by atoms with Gasteiger partial charge in [0.1, 0.15) is 12.4 Å². The fourth-order valence-electron chi connectivity index (χ4n) is 3.26. The highest BCUT2D eigenvalue weighted by atomic mass is 19.4. The van der Waals surface area contributed by atoms with Crippen molar-refractivity contribution in [2.24, 2.45) is 0 Å². The molecular formula is C22H23F3N2O4. The molecule has 0 atom stereocenters. The number of benzene rings is 2. The molecule has 0 unspecified atom stereocenters. The minimum absolute atomic E-state index is 0.250. The molecule has 31 heavy (non-hydrogen) atoms. The summed E-state index contributed by atoms with van der Waals surface area (Å²) in [5.74, 6) is -0.0330. The molecule has 0 aliphatic carbocycles. The summed E-state index contributed by atoms with van der Waals surface area (Å²) in [6.45, 7) is 3.40. The van der Waals surface area contributed by atoms with Gasteiger partial charge in [-0.1, -0.05) is 0 Å². The van der Waals surface area contributed by atoms with Crippen molar-refractivity contribution < 1.29 is 32.2 Å². The van der Waals surface area contributed by atoms with Gasteiger partial charge in [-0.25, -0.2) is 4.79 Å². The molecule has 1 fully saturated rings. The van der Waals surface area contributed by atoms with Crippen LogP contribution in [0.1, 0.15) is 26.3 Å². The van der Waals surface area contributed by atoms with Crippen LogP contribution in [0.15, 0.2) is 48.5 Å². The average Bonchev–Trinajstić information content (AvgIpc) is 2.78. The van der Waals surface area contributed by atoms with E-state index in [0.717, 1.165) is 12.1 Å². The molecule has 2 aromatic rings. The number of amides is 1. The monoisotopic (exact) mass is 436 g/mol. The number of methoxy groups -OCH3 is 1. The minimum Gasteiger partial charge on any atom is -0.492 e. The predicted octanol–water partition coefficient (Wildman–Crippen LogP) is 3.33. The Bertz CT molecular complexity index is 890. The summed E-state index contributed by atoms with van der Waals surface area (Å²) in [6, 6.07) is 11.0. The highest BCUT2D eigenvalue weighted by Gasteiger charge is 2.30. The van der Waals surface area contributed by atoms with Crippen LogP contribution in [-0.4, -0.2) is 68.1 Å². The van der Waals surface area contributed by atoms with Crippen molar-refractivity contribution >= 4 is 11.9 Å². The van der Waals surface area contributed by atoms with E-state index in [1.807, 2.05) is 0 Å². The summed E-state index contributed by atoms with van der Waals surface area (Å²) in [6.07, 6.45) is -4.42. The summed E-state index contributed by atoms with van der Waals surface area (Å²) < 4.78 is 48.3. The smallest absolute Gasteiger partial charge is 0.416 e. The maximum atomic E-state index is 12.7. The molecule has 1 aliphatic rings. The third-order valence-electron chi connectivity index (χ3n) is 5.07. The van der Waals surface area contributed by atoms with Crippen LogP contribution >= 0.6 is 0 Å². The van der Waals surface area contributed by atoms with Gasteiger partial charge in [0.05, 0.1) is 18.2 Å². The molecule has 0 radical (unpaired) electrons. The first-order valence-electron chi connectivity index (χ1n) is 9.78. The zero-order valence-corrected chi connectivity index (χ0v) is 17.0. The predicted molar refractivity (Wildman–Crippen MR) is 107 cm³/mol. The number of piperazine rings is 1. The van der Waals surface area contributed by atoms with Crippen LogP contribution in [0.25, 0.3) is 0 Å². The van der Waals surface area contributed by atoms with Crippen molar-refractivity contribution in [3.8, 4) is 5.75 Å². The number of alkyl halides is 3. The van der Waals surface area contributed by atoms with Crippen LogP contribution in [0.5, 0.6) is 5.75 Å². The minimum atomic E-state index is -4.42. The van der Waals surface area contributed by atoms with E-state index in [-0.39, 0.29) is 11.5 Å². The molecule has 166 valence electrons. The van der Waals surface area contributed by atoms with Crippen LogP contribution in [0, 0.1) is 0 Å². The SMILES string of the molecule is COC(=O)c1ccc(OCCN2CCN(C(=O)c3ccc(C(F)(F)F)cc3)CC2)cc1. The number of hydrogen-bond acceptors (Lipinski definition) is 5. The molecule has 1 saturated heterocycles. The summed E-state index contributed by atoms with van der Waals surface area (Å²) in [5.41, 5.74) is -0.0716. The van der Waals surface area contributed by atoms with Gasteiger partial charge in [0.2, 0.25) is 0 Å². The van der Waals surface area contributed by atoms with Crippen molar-refractivity contribution in [3.63, 3.8) is 0 Å². The number of rotatable bonds is 6. The second-order valence-corrected chi connectivity index (χ2v) is 7.07. The van der Waals surface area contributed by atoms with Gasteiger partial charge in [-0.3, -0.25) is 9.69 Å². The first-order valence-corrected chi connectivity index (χ1v) is 9.78. The Kier molecular flexibility index (Phi) is 7.17. The van der Waals surface area contributed by atoms with E-state index in [4.69, 9.17) is 4.74 Å². The Morgan fingerprint density at radius 2 is 1.48 bits per heavy atom. The van der Waals surface area contributed by atoms with Gasteiger partial charge in [0.25, 0.3) is 5.91 Å². The molecule has 1 heterocycles. The average molecular weight is 436 g/mol. The van der Waals surface area contributed by atoms with E-state index in [1.54, 1.807) is 29.2 Å². The van der Waals surface area contributed by atoms with Gasteiger partial charge < -0.3 is 14.4 Å². The molecule has 1 amide bonds. The number of carbonyl (C=O) groups is 2. The molecule has 1 aliphatic heterocycles. The number of ether oxygens (including phenoxy) is 2. The van der Waals surface area contributed by atoms with Crippen molar-refractivity contribution in [1.82, 2.24) is 9.80 Å². The molecular weight excluding hydrogens is 413 g/mol. The first-order chi connectivity index (χ1) is 14.8. The quantitative estimate of drug-likeness (QED) is 0.651. The second-order valence-electron chi connectivity index (χ2n) is 7.07. The standard InChI is InChI=1S/C22H23F3N2O4/c1-30-21(29)17-4-8-19(9-5-17)31-15-14-26-10-12-27(13-11-26)20(28)16-2-6-18(7-3-16)22(23,24)25/h2-9H,10-15H2,1H3. The summed E-state index contributed by atoms with van der Waals surface area (Å²) in [4.78, 5) is 27.8. The van der Waals surface area contributed by atoms with Crippen molar-refractivity contribution in [2.45, 2.75) is 6.18 Å². The molecule has 0 aromatic heterocycles. The van der Waals surface area contributed by atoms with E-state index >= 15 is 0 Å². The highest BCUT2D eigenvalue weighted by Crippen LogP contribution is 2.29. The van der Waals surface area contributed by atoms with Gasteiger partial charge in [-0.2, -0.15) is 13.2 Å². The van der Waals surface area contributed by atoms with Gasteiger partial charge in [-0.05, 0) is 48.5 Å². The summed E-state index contributed by atoms with van der Waals surface area (Å²) >= 11 is 0. The summed E-state index contributed by atoms with van der Waals surface area (Å²) in [5, 5.41) is 0. The van der Waals surface area contributed by atoms with Crippen molar-refractivity contribution in [1.29, 1.82) is 0 Å². The van der Waals surface area contributed by atoms with Gasteiger partial charge in [0.15, 0.2) is 0 Å². The lowest BCUT2D eigenvalue weighted by atomic mass is 10.1. The zero-order chi connectivity index (χ0) is 22.4. The lowest BCUT2D eigenvalue weighted by molar-refractivity contribution is -0.137. The third kappa shape index (κ3) is 5.97. The fourth-order valence-corrected chi connectivity index (χ4v) is 3.26. The molecule has 2 aromatic carbocycles. The number of hydrogen-bond donors (Lipinski definition) is 0. The van der Waals surface area contributed by atoms with Crippen LogP contribution in [0.3, 0.4) is 0 Å². The Morgan fingerprint density at radius 1 is 0.903 bits per heavy atom. The maximum Gasteiger partial charge on any atom is 0.416 e. The summed E-state index contributed by atoms with van der Waals surface area (Å²) in [7, 11) is 1.32. The maximum absolute atomic E-state index is 12.7. The van der Waals surface area contributed by atoms with Crippen LogP contribution in [0.2, 0.25) is 0 Å². The second kappa shape index (κ2) is 9.82. The Hall–Kier alpha value is -3.07. The van der Waals surface area contributed by atoms with E-state index in [2.05, 4.69) is 9.64 Å². The third-order valence-corrected chi connectivity index (χ3v) is 5.07. The van der Waals surface area contributed by atoms with E-state index in [9.17, 15) is 22.8 Å². The highest BCUT2D eigenvalue weighted by molar-refractivity contribution is 5.94. The molecule has 0 bridgehead atoms. The number of halogens is 3. The lowest BCUT2D eigenvalue weighted by Crippen LogP contribution is -2.49. The Balaban J connectivity index is 1.42. The van der Waals surface area contributed by atoms with Crippen molar-refractivity contribution in [2.75, 3.05) is 46.4 Å². The molecule has 6 nitrogen and oxygen atoms in total. The molecule has 0 N–H and O–H groups in total. The van der Waals surface area contributed by atoms with Crippen LogP contribution in [-0.2, 0) is 10.9 Å². The molecule has 3 rings (SSSR count). The number of esters is 1. The van der Waals surface area contributed by atoms with Crippen LogP contribution in [0.4, 0.5) is 13.2 Å². The van der Waals surface area contributed by atoms with E-state index < -0.39 is 17.7 Å². The van der Waals surface area contributed by atoms with Gasteiger partial charge in [0, 0.05) is 38.3 Å². The van der Waals surface area contributed by atoms with E-state index in [1.165, 1.54) is 19.2 Å². The number of carbonyl (C=O) groups excluding carboxylic acids is 2. The normalized spacial score (nSPS) is 14.9. The molecule has 9 heteroatoms. The Morgan fingerprint density at radius 3 is 2.03 bits per heavy atom. The fraction of sp³-hybridized carbons (Fsp3) is 0.364. The van der Waals surface area contributed by atoms with Crippen LogP contribution < -0.4 is 4.74 Å². The topological polar surface area (TPSA) is 59.1 Å². The van der Waals surface area contributed by atoms with Gasteiger partial charge in [-0.15, -0.1) is 0 Å². The largest absolute Gasteiger partial charge is 0.492 e. The van der Waals surface area contributed by atoms with Gasteiger partial charge >= 0.3 is 12.1 Å². The first kappa shape index (κ1) is 22.6. The molecule has 0 spiro atoms. The zero-order valence-electron chi connectivity index (χ0n) is 17.0.